The first-order valence-corrected chi connectivity index (χ1v) is 24.0. The first-order valence-electron chi connectivity index (χ1n) is 24.0. The van der Waals surface area contributed by atoms with Gasteiger partial charge in [-0.15, -0.1) is 0 Å². The van der Waals surface area contributed by atoms with Gasteiger partial charge in [-0.2, -0.15) is 0 Å². The molecule has 2 unspecified atom stereocenters. The molecular weight excluding hydrogens is 729 g/mol. The number of ether oxygens (including phenoxy) is 3. The fraction of sp³-hybridized carbons (Fsp3) is 0.857. The molecule has 0 saturated carbocycles. The number of carbonyl (C=O) groups is 3. The summed E-state index contributed by atoms with van der Waals surface area (Å²) in [5.41, 5.74) is 0. The molecule has 0 aromatic carbocycles. The van der Waals surface area contributed by atoms with Crippen molar-refractivity contribution in [1.29, 1.82) is 0 Å². The van der Waals surface area contributed by atoms with Gasteiger partial charge in [-0.05, 0) is 90.8 Å². The maximum Gasteiger partial charge on any atom is 0.306 e. The highest BCUT2D eigenvalue weighted by atomic mass is 16.7. The number of rotatable bonds is 38. The first-order chi connectivity index (χ1) is 28.3. The fourth-order valence-electron chi connectivity index (χ4n) is 7.49. The van der Waals surface area contributed by atoms with Crippen LogP contribution in [-0.2, 0) is 28.6 Å². The molecule has 1 aliphatic heterocycles. The smallest absolute Gasteiger partial charge is 0.306 e. The number of unbranched alkanes of at least 4 members (excludes halogenated alkanes) is 18. The fourth-order valence-corrected chi connectivity index (χ4v) is 7.49. The number of allylic oxidation sites excluding steroid dienone is 4. The van der Waals surface area contributed by atoms with Gasteiger partial charge in [0.05, 0.1) is 13.0 Å². The summed E-state index contributed by atoms with van der Waals surface area (Å²) in [5, 5.41) is 6.89. The zero-order valence-corrected chi connectivity index (χ0v) is 38.5. The van der Waals surface area contributed by atoms with Crippen molar-refractivity contribution in [1.82, 2.24) is 9.80 Å². The Morgan fingerprint density at radius 1 is 0.672 bits per heavy atom. The van der Waals surface area contributed by atoms with Crippen molar-refractivity contribution in [2.75, 3.05) is 46.9 Å². The SMILES string of the molecule is CCCCC/C=C\C/C=C\CCCCCCCC1CC(OC(=O)CCC(OCCCCCCCC)OCCCCCCCC)CN(C(=O)CCCN(C)C)C1.O=CO. The van der Waals surface area contributed by atoms with E-state index in [9.17, 15) is 9.59 Å². The Morgan fingerprint density at radius 3 is 1.74 bits per heavy atom. The minimum Gasteiger partial charge on any atom is -0.483 e. The number of carboxylic acid groups (broad SMARTS) is 1. The van der Waals surface area contributed by atoms with E-state index in [-0.39, 0.29) is 37.2 Å². The minimum absolute atomic E-state index is 0.193. The average molecular weight is 821 g/mol. The molecule has 1 N–H and O–H groups in total. The molecule has 2 atom stereocenters. The van der Waals surface area contributed by atoms with Gasteiger partial charge in [-0.1, -0.05) is 148 Å². The van der Waals surface area contributed by atoms with Crippen molar-refractivity contribution in [3.63, 3.8) is 0 Å². The zero-order chi connectivity index (χ0) is 42.7. The van der Waals surface area contributed by atoms with Crippen LogP contribution in [0.1, 0.15) is 207 Å². The van der Waals surface area contributed by atoms with Gasteiger partial charge in [-0.3, -0.25) is 14.4 Å². The highest BCUT2D eigenvalue weighted by Crippen LogP contribution is 2.26. The lowest BCUT2D eigenvalue weighted by Gasteiger charge is -2.37. The first kappa shape index (κ1) is 55.8. The summed E-state index contributed by atoms with van der Waals surface area (Å²) in [7, 11) is 4.10. The molecule has 0 aromatic heterocycles. The van der Waals surface area contributed by atoms with Crippen molar-refractivity contribution in [3.05, 3.63) is 24.3 Å². The van der Waals surface area contributed by atoms with E-state index in [2.05, 4.69) is 50.0 Å². The van der Waals surface area contributed by atoms with E-state index >= 15 is 0 Å². The van der Waals surface area contributed by atoms with E-state index < -0.39 is 0 Å². The summed E-state index contributed by atoms with van der Waals surface area (Å²) >= 11 is 0. The van der Waals surface area contributed by atoms with Crippen LogP contribution in [0.2, 0.25) is 0 Å². The Morgan fingerprint density at radius 2 is 1.17 bits per heavy atom. The lowest BCUT2D eigenvalue weighted by Crippen LogP contribution is -2.47. The topological polar surface area (TPSA) is 106 Å². The molecule has 1 saturated heterocycles. The molecule has 58 heavy (non-hydrogen) atoms. The number of amides is 1. The standard InChI is InChI=1S/C48H90N2O5.CH2O2/c1-6-9-12-15-18-19-20-21-22-23-24-25-26-27-30-34-44-41-45(43-50(42-44)46(51)35-33-38-49(4)5)55-47(52)36-37-48(53-39-31-28-16-13-10-7-2)54-40-32-29-17-14-11-8-3;2-1-3/h18-19,21-22,44-45,48H,6-17,20,23-43H2,1-5H3;1H,(H,2,3)/b19-18-,22-21-;. The van der Waals surface area contributed by atoms with Crippen LogP contribution in [-0.4, -0.2) is 92.6 Å². The molecule has 0 aromatic rings. The highest BCUT2D eigenvalue weighted by Gasteiger charge is 2.32. The second kappa shape index (κ2) is 42.9. The minimum atomic E-state index is -0.369. The van der Waals surface area contributed by atoms with E-state index in [1.165, 1.54) is 128 Å². The van der Waals surface area contributed by atoms with Crippen LogP contribution in [0.5, 0.6) is 0 Å². The predicted octanol–water partition coefficient (Wildman–Crippen LogP) is 12.5. The summed E-state index contributed by atoms with van der Waals surface area (Å²) in [6.07, 6.45) is 40.9. The van der Waals surface area contributed by atoms with Crippen molar-refractivity contribution >= 4 is 18.3 Å². The molecule has 9 heteroatoms. The molecule has 1 aliphatic rings. The number of nitrogens with zero attached hydrogens (tertiary/aromatic N) is 2. The normalized spacial score (nSPS) is 15.7. The molecule has 0 bridgehead atoms. The van der Waals surface area contributed by atoms with Crippen molar-refractivity contribution in [3.8, 4) is 0 Å². The van der Waals surface area contributed by atoms with Gasteiger partial charge in [0.1, 0.15) is 6.10 Å². The lowest BCUT2D eigenvalue weighted by molar-refractivity contribution is -0.166. The number of hydrogen-bond acceptors (Lipinski definition) is 7. The van der Waals surface area contributed by atoms with Gasteiger partial charge in [0.2, 0.25) is 5.91 Å². The molecule has 1 fully saturated rings. The van der Waals surface area contributed by atoms with E-state index in [0.717, 1.165) is 51.6 Å². The molecule has 0 spiro atoms. The summed E-state index contributed by atoms with van der Waals surface area (Å²) < 4.78 is 18.5. The lowest BCUT2D eigenvalue weighted by atomic mass is 9.90. The molecule has 0 radical (unpaired) electrons. The van der Waals surface area contributed by atoms with E-state index in [0.29, 0.717) is 38.5 Å². The number of piperidine rings is 1. The summed E-state index contributed by atoms with van der Waals surface area (Å²) in [5.74, 6) is 0.370. The molecule has 1 rings (SSSR count). The van der Waals surface area contributed by atoms with Gasteiger partial charge in [0, 0.05) is 32.6 Å². The highest BCUT2D eigenvalue weighted by molar-refractivity contribution is 5.76. The summed E-state index contributed by atoms with van der Waals surface area (Å²) in [6, 6.07) is 0. The predicted molar refractivity (Wildman–Crippen MR) is 242 cm³/mol. The van der Waals surface area contributed by atoms with Crippen LogP contribution in [0.25, 0.3) is 0 Å². The Hall–Kier alpha value is -2.23. The summed E-state index contributed by atoms with van der Waals surface area (Å²) in [6.45, 7) is 10.0. The molecule has 0 aliphatic carbocycles. The molecular formula is C49H92N2O7. The second-order valence-corrected chi connectivity index (χ2v) is 16.8. The second-order valence-electron chi connectivity index (χ2n) is 16.8. The Kier molecular flexibility index (Phi) is 41.2. The summed E-state index contributed by atoms with van der Waals surface area (Å²) in [4.78, 5) is 39.0. The average Bonchev–Trinajstić information content (AvgIpc) is 3.20. The number of hydrogen-bond donors (Lipinski definition) is 1. The van der Waals surface area contributed by atoms with Gasteiger partial charge in [0.15, 0.2) is 6.29 Å². The number of carbonyl (C=O) groups excluding carboxylic acids is 2. The van der Waals surface area contributed by atoms with E-state index in [4.69, 9.17) is 24.1 Å². The van der Waals surface area contributed by atoms with Crippen LogP contribution in [0.4, 0.5) is 0 Å². The van der Waals surface area contributed by atoms with Crippen LogP contribution in [0.15, 0.2) is 24.3 Å². The Bertz CT molecular complexity index is 970. The third-order valence-electron chi connectivity index (χ3n) is 10.9. The Labute approximate surface area is 357 Å². The Balaban J connectivity index is 0.0000105. The maximum atomic E-state index is 13.3. The monoisotopic (exact) mass is 821 g/mol. The molecule has 1 amide bonds. The third kappa shape index (κ3) is 36.8. The van der Waals surface area contributed by atoms with Crippen LogP contribution in [0.3, 0.4) is 0 Å². The molecule has 1 heterocycles. The number of likely N-dealkylation sites (tertiary alicyclic amines) is 1. The van der Waals surface area contributed by atoms with E-state index in [1.807, 2.05) is 19.0 Å². The van der Waals surface area contributed by atoms with Crippen LogP contribution < -0.4 is 0 Å². The number of esters is 1. The van der Waals surface area contributed by atoms with Crippen LogP contribution >= 0.6 is 0 Å². The van der Waals surface area contributed by atoms with Gasteiger partial charge >= 0.3 is 5.97 Å². The third-order valence-corrected chi connectivity index (χ3v) is 10.9. The van der Waals surface area contributed by atoms with E-state index in [1.54, 1.807) is 0 Å². The largest absolute Gasteiger partial charge is 0.483 e. The van der Waals surface area contributed by atoms with Crippen molar-refractivity contribution in [2.45, 2.75) is 219 Å². The quantitative estimate of drug-likeness (QED) is 0.0216. The van der Waals surface area contributed by atoms with Crippen LogP contribution in [0, 0.1) is 5.92 Å². The zero-order valence-electron chi connectivity index (χ0n) is 38.5. The maximum absolute atomic E-state index is 13.3. The van der Waals surface area contributed by atoms with Crippen molar-refractivity contribution in [2.24, 2.45) is 5.92 Å². The van der Waals surface area contributed by atoms with Gasteiger partial charge in [0.25, 0.3) is 6.47 Å². The molecule has 340 valence electrons. The van der Waals surface area contributed by atoms with Gasteiger partial charge in [-0.25, -0.2) is 0 Å². The van der Waals surface area contributed by atoms with Gasteiger partial charge < -0.3 is 29.1 Å². The van der Waals surface area contributed by atoms with Crippen molar-refractivity contribution < 1.29 is 33.7 Å². The molecule has 9 nitrogen and oxygen atoms in total.